The molecule has 2 aromatic carbocycles. The highest BCUT2D eigenvalue weighted by molar-refractivity contribution is 5.98. The molecule has 0 spiro atoms. The lowest BCUT2D eigenvalue weighted by Crippen LogP contribution is -2.60. The fourth-order valence-corrected chi connectivity index (χ4v) is 5.87. The first-order valence-electron chi connectivity index (χ1n) is 16.2. The van der Waals surface area contributed by atoms with Gasteiger partial charge in [0, 0.05) is 38.2 Å². The number of carbonyl (C=O) groups is 3. The minimum atomic E-state index is -1.69. The van der Waals surface area contributed by atoms with Gasteiger partial charge in [0.1, 0.15) is 53.7 Å². The van der Waals surface area contributed by atoms with Crippen molar-refractivity contribution >= 4 is 34.6 Å². The van der Waals surface area contributed by atoms with E-state index in [1.165, 1.54) is 29.0 Å². The molecule has 14 nitrogen and oxygen atoms in total. The van der Waals surface area contributed by atoms with Crippen LogP contribution in [0.4, 0.5) is 10.5 Å². The minimum Gasteiger partial charge on any atom is -0.481 e. The number of aliphatic hydroxyl groups excluding tert-OH is 4. The summed E-state index contributed by atoms with van der Waals surface area (Å²) in [7, 11) is 3.10. The first-order valence-corrected chi connectivity index (χ1v) is 16.2. The largest absolute Gasteiger partial charge is 0.481 e. The van der Waals surface area contributed by atoms with Gasteiger partial charge in [-0.2, -0.15) is 0 Å². The lowest BCUT2D eigenvalue weighted by molar-refractivity contribution is -0.277. The average molecular weight is 697 g/mol. The minimum absolute atomic E-state index is 0.0825. The summed E-state index contributed by atoms with van der Waals surface area (Å²) < 4.78 is 23.6. The molecule has 1 aliphatic rings. The predicted molar refractivity (Wildman–Crippen MR) is 180 cm³/mol. The molecule has 3 aromatic rings. The number of nitrogens with zero attached hydrogens (tertiary/aromatic N) is 2. The topological polar surface area (TPSA) is 200 Å². The van der Waals surface area contributed by atoms with Crippen LogP contribution in [0.2, 0.25) is 0 Å². The fraction of sp³-hybridized carbons (Fsp3) is 0.472. The van der Waals surface area contributed by atoms with Gasteiger partial charge in [0.25, 0.3) is 0 Å². The normalized spacial score (nSPS) is 21.6. The van der Waals surface area contributed by atoms with E-state index in [4.69, 9.17) is 30.2 Å². The highest BCUT2D eigenvalue weighted by Crippen LogP contribution is 2.39. The van der Waals surface area contributed by atoms with Crippen molar-refractivity contribution in [3.8, 4) is 18.1 Å². The van der Waals surface area contributed by atoms with Crippen LogP contribution < -0.4 is 9.64 Å². The Balaban J connectivity index is 1.66. The number of fused-ring (bicyclic) bond motifs is 1. The second-order valence-corrected chi connectivity index (χ2v) is 12.5. The fourth-order valence-electron chi connectivity index (χ4n) is 5.87. The number of hydrogen-bond acceptors (Lipinski definition) is 11. The second kappa shape index (κ2) is 16.8. The number of carbonyl (C=O) groups excluding carboxylic acids is 2. The predicted octanol–water partition coefficient (Wildman–Crippen LogP) is 2.84. The third-order valence-corrected chi connectivity index (χ3v) is 8.59. The van der Waals surface area contributed by atoms with Crippen molar-refractivity contribution in [2.75, 3.05) is 25.6 Å². The number of terminal acetylenes is 1. The average Bonchev–Trinajstić information content (AvgIpc) is 3.52. The maximum absolute atomic E-state index is 13.7. The Bertz CT molecular complexity index is 1670. The number of benzene rings is 2. The summed E-state index contributed by atoms with van der Waals surface area (Å²) in [5.41, 5.74) is 1.19. The molecule has 1 aliphatic heterocycles. The Morgan fingerprint density at radius 2 is 1.72 bits per heavy atom. The van der Waals surface area contributed by atoms with Gasteiger partial charge in [-0.25, -0.2) is 4.79 Å². The number of para-hydroxylation sites is 1. The monoisotopic (exact) mass is 696 g/mol. The SMILES string of the molecule is C#CCC(OC(=O)N(C)[C@H](C(=O)N(C)c1ccccc1)C(C)C)c1ccc(O[C@@H]2O[C@H](CO)[C@H](O)[C@H](O)[C@H]2O)c2cc(CCCC(=O)O)oc12. The number of carboxylic acids is 1. The molecule has 0 bridgehead atoms. The van der Waals surface area contributed by atoms with Crippen LogP contribution in [0, 0.1) is 18.3 Å². The van der Waals surface area contributed by atoms with E-state index in [2.05, 4.69) is 5.92 Å². The number of furan rings is 1. The number of anilines is 1. The summed E-state index contributed by atoms with van der Waals surface area (Å²) >= 11 is 0. The van der Waals surface area contributed by atoms with Gasteiger partial charge >= 0.3 is 12.1 Å². The number of likely N-dealkylation sites (N-methyl/N-ethyl adjacent to an activating group) is 2. The quantitative estimate of drug-likeness (QED) is 0.155. The van der Waals surface area contributed by atoms with E-state index >= 15 is 0 Å². The highest BCUT2D eigenvalue weighted by Gasteiger charge is 2.45. The van der Waals surface area contributed by atoms with E-state index in [9.17, 15) is 34.8 Å². The third kappa shape index (κ3) is 8.55. The number of amides is 2. The summed E-state index contributed by atoms with van der Waals surface area (Å²) in [5.74, 6) is 1.41. The Morgan fingerprint density at radius 3 is 2.34 bits per heavy atom. The van der Waals surface area contributed by atoms with E-state index in [0.717, 1.165) is 0 Å². The van der Waals surface area contributed by atoms with Crippen molar-refractivity contribution in [2.24, 2.45) is 5.92 Å². The van der Waals surface area contributed by atoms with Crippen molar-refractivity contribution in [3.05, 3.63) is 59.9 Å². The summed E-state index contributed by atoms with van der Waals surface area (Å²) in [5, 5.41) is 50.1. The molecule has 5 N–H and O–H groups in total. The molecule has 1 fully saturated rings. The van der Waals surface area contributed by atoms with E-state index in [-0.39, 0.29) is 48.8 Å². The molecule has 7 atom stereocenters. The van der Waals surface area contributed by atoms with Crippen molar-refractivity contribution in [2.45, 2.75) is 82.4 Å². The molecule has 1 saturated heterocycles. The first kappa shape index (κ1) is 38.2. The van der Waals surface area contributed by atoms with Crippen LogP contribution in [0.25, 0.3) is 11.0 Å². The first-order chi connectivity index (χ1) is 23.8. The molecule has 0 aliphatic carbocycles. The zero-order chi connectivity index (χ0) is 36.7. The van der Waals surface area contributed by atoms with Crippen LogP contribution in [-0.2, 0) is 25.5 Å². The molecular formula is C36H44N2O12. The van der Waals surface area contributed by atoms with Gasteiger partial charge in [0.05, 0.1) is 18.4 Å². The van der Waals surface area contributed by atoms with Gasteiger partial charge in [-0.05, 0) is 42.7 Å². The van der Waals surface area contributed by atoms with Gasteiger partial charge in [-0.15, -0.1) is 12.3 Å². The van der Waals surface area contributed by atoms with Crippen molar-refractivity contribution in [1.82, 2.24) is 4.90 Å². The summed E-state index contributed by atoms with van der Waals surface area (Å²) in [4.78, 5) is 41.2. The number of rotatable bonds is 14. The molecule has 1 aromatic heterocycles. The summed E-state index contributed by atoms with van der Waals surface area (Å²) in [6.45, 7) is 2.98. The van der Waals surface area contributed by atoms with Gasteiger partial charge < -0.3 is 49.1 Å². The van der Waals surface area contributed by atoms with Gasteiger partial charge in [0.2, 0.25) is 12.2 Å². The standard InChI is InChI=1S/C36H44N2O12/c1-6-11-25(50-36(46)38(5)29(20(2)3)34(45)37(4)21-12-8-7-9-13-21)23-16-17-26(24-18-22(47-33(23)24)14-10-15-28(40)41)48-35-32(44)31(43)30(42)27(19-39)49-35/h1,7-9,12-13,16-18,20,25,27,29-32,35,39,42-44H,10-11,14-15,19H2,2-5H3,(H,40,41)/t25?,27-,29+,30+,31+,32-,35-/m1/s1. The van der Waals surface area contributed by atoms with Crippen LogP contribution >= 0.6 is 0 Å². The molecule has 2 amide bonds. The Labute approximate surface area is 289 Å². The Hall–Kier alpha value is -4.65. The zero-order valence-corrected chi connectivity index (χ0v) is 28.3. The van der Waals surface area contributed by atoms with E-state index in [1.54, 1.807) is 37.4 Å². The van der Waals surface area contributed by atoms with Gasteiger partial charge in [0.15, 0.2) is 0 Å². The van der Waals surface area contributed by atoms with E-state index in [1.807, 2.05) is 19.9 Å². The van der Waals surface area contributed by atoms with Crippen LogP contribution in [0.1, 0.15) is 50.5 Å². The number of aliphatic carboxylic acids is 1. The molecule has 0 saturated carbocycles. The van der Waals surface area contributed by atoms with Crippen LogP contribution in [0.15, 0.2) is 52.9 Å². The molecular weight excluding hydrogens is 652 g/mol. The number of carboxylic acid groups (broad SMARTS) is 1. The lowest BCUT2D eigenvalue weighted by atomic mass is 9.99. The van der Waals surface area contributed by atoms with Crippen LogP contribution in [0.3, 0.4) is 0 Å². The number of ether oxygens (including phenoxy) is 3. The van der Waals surface area contributed by atoms with Gasteiger partial charge in [-0.3, -0.25) is 14.5 Å². The summed E-state index contributed by atoms with van der Waals surface area (Å²) in [6.07, 6.45) is -3.56. The van der Waals surface area contributed by atoms with E-state index in [0.29, 0.717) is 22.4 Å². The number of hydrogen-bond donors (Lipinski definition) is 5. The molecule has 270 valence electrons. The smallest absolute Gasteiger partial charge is 0.410 e. The number of aliphatic hydroxyl groups is 4. The Morgan fingerprint density at radius 1 is 1.02 bits per heavy atom. The maximum atomic E-state index is 13.7. The third-order valence-electron chi connectivity index (χ3n) is 8.59. The highest BCUT2D eigenvalue weighted by atomic mass is 16.7. The van der Waals surface area contributed by atoms with Crippen LogP contribution in [0.5, 0.6) is 5.75 Å². The molecule has 4 rings (SSSR count). The van der Waals surface area contributed by atoms with Crippen LogP contribution in [-0.4, -0.2) is 106 Å². The lowest BCUT2D eigenvalue weighted by Gasteiger charge is -2.39. The maximum Gasteiger partial charge on any atom is 0.410 e. The molecule has 50 heavy (non-hydrogen) atoms. The zero-order valence-electron chi connectivity index (χ0n) is 28.3. The Kier molecular flexibility index (Phi) is 12.9. The van der Waals surface area contributed by atoms with Gasteiger partial charge in [-0.1, -0.05) is 32.0 Å². The van der Waals surface area contributed by atoms with Crippen molar-refractivity contribution in [1.29, 1.82) is 0 Å². The number of aryl methyl sites for hydroxylation is 1. The molecule has 1 unspecified atom stereocenters. The van der Waals surface area contributed by atoms with Crippen molar-refractivity contribution < 1.29 is 58.5 Å². The molecule has 14 heteroatoms. The van der Waals surface area contributed by atoms with E-state index < -0.39 is 61.5 Å². The molecule has 2 heterocycles. The van der Waals surface area contributed by atoms with Crippen molar-refractivity contribution in [3.63, 3.8) is 0 Å². The summed E-state index contributed by atoms with van der Waals surface area (Å²) in [6, 6.07) is 12.8. The molecule has 0 radical (unpaired) electrons. The second-order valence-electron chi connectivity index (χ2n) is 12.5.